The molecule has 0 aliphatic heterocycles. The summed E-state index contributed by atoms with van der Waals surface area (Å²) in [6.45, 7) is 4.11. The van der Waals surface area contributed by atoms with E-state index in [1.165, 1.54) is 30.6 Å². The molecule has 8 heteroatoms. The molecule has 3 N–H and O–H groups in total. The highest BCUT2D eigenvalue weighted by atomic mass is 35.5. The van der Waals surface area contributed by atoms with Crippen LogP contribution in [0.25, 0.3) is 10.6 Å². The molecule has 0 spiro atoms. The van der Waals surface area contributed by atoms with E-state index in [0.717, 1.165) is 21.1 Å². The van der Waals surface area contributed by atoms with E-state index < -0.39 is 0 Å². The molecular formula is C17H23ClFN3O2S. The molecule has 1 heterocycles. The molecule has 1 amide bonds. The standard InChI is InChI=1S/C17H22FN3O2S.ClH/c1-10(20-15(22)8-14(9-19)23-3)16-11(2)21-17(24-16)12-4-6-13(18)7-5-12;/h4-7,10,14H,8-9,19H2,1-3H3,(H,20,22);1H. The van der Waals surface area contributed by atoms with E-state index in [9.17, 15) is 9.18 Å². The molecule has 0 bridgehead atoms. The van der Waals surface area contributed by atoms with Gasteiger partial charge in [-0.15, -0.1) is 23.7 Å². The Bertz CT molecular complexity index is 690. The minimum Gasteiger partial charge on any atom is -0.380 e. The maximum atomic E-state index is 13.0. The van der Waals surface area contributed by atoms with E-state index in [1.807, 2.05) is 13.8 Å². The van der Waals surface area contributed by atoms with Crippen molar-refractivity contribution >= 4 is 29.7 Å². The van der Waals surface area contributed by atoms with Crippen LogP contribution in [0, 0.1) is 12.7 Å². The zero-order chi connectivity index (χ0) is 17.7. The molecule has 0 fully saturated rings. The number of rotatable bonds is 7. The molecule has 2 unspecified atom stereocenters. The highest BCUT2D eigenvalue weighted by Crippen LogP contribution is 2.31. The number of nitrogens with zero attached hydrogens (tertiary/aromatic N) is 1. The van der Waals surface area contributed by atoms with Crippen molar-refractivity contribution in [1.29, 1.82) is 0 Å². The molecule has 0 radical (unpaired) electrons. The number of aromatic nitrogens is 1. The predicted molar refractivity (Wildman–Crippen MR) is 101 cm³/mol. The summed E-state index contributed by atoms with van der Waals surface area (Å²) in [5, 5.41) is 3.75. The minimum absolute atomic E-state index is 0. The van der Waals surface area contributed by atoms with Gasteiger partial charge in [0, 0.05) is 19.2 Å². The van der Waals surface area contributed by atoms with E-state index in [-0.39, 0.29) is 42.7 Å². The summed E-state index contributed by atoms with van der Waals surface area (Å²) < 4.78 is 18.2. The van der Waals surface area contributed by atoms with Gasteiger partial charge in [0.2, 0.25) is 5.91 Å². The van der Waals surface area contributed by atoms with E-state index in [0.29, 0.717) is 6.54 Å². The van der Waals surface area contributed by atoms with Crippen molar-refractivity contribution in [1.82, 2.24) is 10.3 Å². The number of ether oxygens (including phenoxy) is 1. The molecule has 138 valence electrons. The Morgan fingerprint density at radius 2 is 2.04 bits per heavy atom. The van der Waals surface area contributed by atoms with Crippen molar-refractivity contribution in [2.45, 2.75) is 32.4 Å². The number of nitrogens with two attached hydrogens (primary N) is 1. The van der Waals surface area contributed by atoms with Crippen molar-refractivity contribution in [2.75, 3.05) is 13.7 Å². The van der Waals surface area contributed by atoms with Gasteiger partial charge in [-0.1, -0.05) is 0 Å². The lowest BCUT2D eigenvalue weighted by molar-refractivity contribution is -0.124. The summed E-state index contributed by atoms with van der Waals surface area (Å²) in [5.41, 5.74) is 7.25. The van der Waals surface area contributed by atoms with E-state index in [4.69, 9.17) is 10.5 Å². The third-order valence-corrected chi connectivity index (χ3v) is 5.09. The van der Waals surface area contributed by atoms with Gasteiger partial charge in [0.1, 0.15) is 10.8 Å². The lowest BCUT2D eigenvalue weighted by atomic mass is 10.2. The zero-order valence-electron chi connectivity index (χ0n) is 14.4. The van der Waals surface area contributed by atoms with Crippen LogP contribution >= 0.6 is 23.7 Å². The number of hydrogen-bond acceptors (Lipinski definition) is 5. The smallest absolute Gasteiger partial charge is 0.223 e. The van der Waals surface area contributed by atoms with Crippen LogP contribution in [-0.2, 0) is 9.53 Å². The van der Waals surface area contributed by atoms with Crippen LogP contribution in [0.1, 0.15) is 30.0 Å². The van der Waals surface area contributed by atoms with Gasteiger partial charge in [0.15, 0.2) is 0 Å². The molecule has 2 atom stereocenters. The van der Waals surface area contributed by atoms with E-state index in [2.05, 4.69) is 10.3 Å². The number of carbonyl (C=O) groups excluding carboxylic acids is 1. The topological polar surface area (TPSA) is 77.2 Å². The first-order valence-electron chi connectivity index (χ1n) is 7.70. The summed E-state index contributed by atoms with van der Waals surface area (Å²) in [4.78, 5) is 17.6. The van der Waals surface area contributed by atoms with Gasteiger partial charge < -0.3 is 15.8 Å². The summed E-state index contributed by atoms with van der Waals surface area (Å²) in [6.07, 6.45) is -0.0606. The summed E-state index contributed by atoms with van der Waals surface area (Å²) >= 11 is 1.49. The first-order valence-corrected chi connectivity index (χ1v) is 8.51. The van der Waals surface area contributed by atoms with Crippen LogP contribution in [-0.4, -0.2) is 30.6 Å². The first-order chi connectivity index (χ1) is 11.4. The number of nitrogens with one attached hydrogen (secondary N) is 1. The Hall–Kier alpha value is -1.54. The number of halogens is 2. The molecule has 25 heavy (non-hydrogen) atoms. The SMILES string of the molecule is COC(CN)CC(=O)NC(C)c1sc(-c2ccc(F)cc2)nc1C.Cl. The van der Waals surface area contributed by atoms with Crippen molar-refractivity contribution in [2.24, 2.45) is 5.73 Å². The largest absolute Gasteiger partial charge is 0.380 e. The fourth-order valence-electron chi connectivity index (χ4n) is 2.36. The second-order valence-electron chi connectivity index (χ2n) is 5.56. The average Bonchev–Trinajstić information content (AvgIpc) is 2.95. The third kappa shape index (κ3) is 5.74. The van der Waals surface area contributed by atoms with Gasteiger partial charge in [0.25, 0.3) is 0 Å². The Morgan fingerprint density at radius 3 is 2.60 bits per heavy atom. The molecule has 1 aromatic carbocycles. The van der Waals surface area contributed by atoms with Crippen molar-refractivity contribution in [3.63, 3.8) is 0 Å². The van der Waals surface area contributed by atoms with E-state index in [1.54, 1.807) is 12.1 Å². The first kappa shape index (κ1) is 21.5. The number of amides is 1. The summed E-state index contributed by atoms with van der Waals surface area (Å²) in [5.74, 6) is -0.392. The van der Waals surface area contributed by atoms with Crippen LogP contribution in [0.3, 0.4) is 0 Å². The number of aryl methyl sites for hydroxylation is 1. The molecule has 1 aromatic heterocycles. The Morgan fingerprint density at radius 1 is 1.40 bits per heavy atom. The molecule has 0 aliphatic carbocycles. The molecule has 0 saturated heterocycles. The van der Waals surface area contributed by atoms with Gasteiger partial charge in [0.05, 0.1) is 29.1 Å². The minimum atomic E-state index is -0.283. The fraction of sp³-hybridized carbons (Fsp3) is 0.412. The lowest BCUT2D eigenvalue weighted by Crippen LogP contribution is -2.33. The monoisotopic (exact) mass is 387 g/mol. The van der Waals surface area contributed by atoms with Crippen LogP contribution in [0.15, 0.2) is 24.3 Å². The van der Waals surface area contributed by atoms with Gasteiger partial charge in [-0.2, -0.15) is 0 Å². The Labute approximate surface area is 157 Å². The quantitative estimate of drug-likeness (QED) is 0.764. The van der Waals surface area contributed by atoms with Crippen LogP contribution in [0.4, 0.5) is 4.39 Å². The fourth-order valence-corrected chi connectivity index (χ4v) is 3.44. The maximum Gasteiger partial charge on any atom is 0.223 e. The van der Waals surface area contributed by atoms with Crippen molar-refractivity contribution in [3.05, 3.63) is 40.7 Å². The molecular weight excluding hydrogens is 365 g/mol. The highest BCUT2D eigenvalue weighted by molar-refractivity contribution is 7.15. The molecule has 5 nitrogen and oxygen atoms in total. The van der Waals surface area contributed by atoms with Gasteiger partial charge >= 0.3 is 0 Å². The molecule has 0 saturated carbocycles. The van der Waals surface area contributed by atoms with Gasteiger partial charge in [-0.3, -0.25) is 4.79 Å². The normalized spacial score (nSPS) is 13.0. The van der Waals surface area contributed by atoms with Gasteiger partial charge in [-0.05, 0) is 38.1 Å². The van der Waals surface area contributed by atoms with Crippen molar-refractivity contribution in [3.8, 4) is 10.6 Å². The number of carbonyl (C=O) groups is 1. The van der Waals surface area contributed by atoms with Gasteiger partial charge in [-0.25, -0.2) is 9.37 Å². The van der Waals surface area contributed by atoms with Crippen LogP contribution < -0.4 is 11.1 Å². The summed E-state index contributed by atoms with van der Waals surface area (Å²) in [7, 11) is 1.54. The Kier molecular flexibility index (Phi) is 8.44. The van der Waals surface area contributed by atoms with Crippen molar-refractivity contribution < 1.29 is 13.9 Å². The van der Waals surface area contributed by atoms with Crippen LogP contribution in [0.2, 0.25) is 0 Å². The number of methoxy groups -OCH3 is 1. The summed E-state index contributed by atoms with van der Waals surface area (Å²) in [6, 6.07) is 6.05. The predicted octanol–water partition coefficient (Wildman–Crippen LogP) is 3.22. The highest BCUT2D eigenvalue weighted by Gasteiger charge is 2.19. The molecule has 2 aromatic rings. The zero-order valence-corrected chi connectivity index (χ0v) is 16.0. The van der Waals surface area contributed by atoms with Crippen LogP contribution in [0.5, 0.6) is 0 Å². The Balaban J connectivity index is 0.00000312. The maximum absolute atomic E-state index is 13.0. The number of hydrogen-bond donors (Lipinski definition) is 2. The second-order valence-corrected chi connectivity index (χ2v) is 6.59. The molecule has 0 aliphatic rings. The average molecular weight is 388 g/mol. The lowest BCUT2D eigenvalue weighted by Gasteiger charge is -2.16. The third-order valence-electron chi connectivity index (χ3n) is 3.70. The van der Waals surface area contributed by atoms with E-state index >= 15 is 0 Å². The number of thiazole rings is 1. The molecule has 2 rings (SSSR count). The number of benzene rings is 1. The second kappa shape index (κ2) is 9.82.